The van der Waals surface area contributed by atoms with Crippen molar-refractivity contribution in [3.05, 3.63) is 24.3 Å². The van der Waals surface area contributed by atoms with Gasteiger partial charge in [-0.15, -0.1) is 0 Å². The lowest BCUT2D eigenvalue weighted by Crippen LogP contribution is -2.22. The van der Waals surface area contributed by atoms with E-state index in [4.69, 9.17) is 9.47 Å². The molecule has 25 heavy (non-hydrogen) atoms. The number of rotatable bonds is 13. The molecule has 0 radical (unpaired) electrons. The van der Waals surface area contributed by atoms with Gasteiger partial charge in [-0.1, -0.05) is 51.5 Å². The predicted molar refractivity (Wildman–Crippen MR) is 103 cm³/mol. The molecule has 1 aromatic carbocycles. The number of likely N-dealkylation sites (N-methyl/N-ethyl adjacent to an activating group) is 1. The number of anilines is 1. The summed E-state index contributed by atoms with van der Waals surface area (Å²) >= 11 is 0. The van der Waals surface area contributed by atoms with Crippen LogP contribution in [-0.4, -0.2) is 44.8 Å². The van der Waals surface area contributed by atoms with Crippen molar-refractivity contribution in [3.63, 3.8) is 0 Å². The van der Waals surface area contributed by atoms with Crippen molar-refractivity contribution in [1.82, 2.24) is 4.90 Å². The van der Waals surface area contributed by atoms with Crippen LogP contribution in [0.1, 0.15) is 51.9 Å². The molecule has 0 aromatic heterocycles. The Morgan fingerprint density at radius 1 is 1.04 bits per heavy atom. The lowest BCUT2D eigenvalue weighted by molar-refractivity contribution is 0.151. The zero-order chi connectivity index (χ0) is 18.3. The molecule has 0 aliphatic rings. The third kappa shape index (κ3) is 11.4. The number of carbonyl (C=O) groups is 1. The van der Waals surface area contributed by atoms with Crippen LogP contribution in [-0.2, 0) is 4.74 Å². The minimum atomic E-state index is -0.439. The Hall–Kier alpha value is -1.75. The standard InChI is InChI=1S/C20H34N2O3/c1-4-5-6-7-8-9-10-15-24-19-13-11-12-18(17-19)21-20(23)25-16-14-22(2)3/h11-13,17H,4-10,14-16H2,1-3H3,(H,21,23). The van der Waals surface area contributed by atoms with Gasteiger partial charge in [-0.25, -0.2) is 4.79 Å². The minimum absolute atomic E-state index is 0.368. The Kier molecular flexibility index (Phi) is 11.5. The number of hydrogen-bond acceptors (Lipinski definition) is 4. The van der Waals surface area contributed by atoms with Crippen molar-refractivity contribution in [3.8, 4) is 5.75 Å². The van der Waals surface area contributed by atoms with Crippen LogP contribution in [0.4, 0.5) is 10.5 Å². The first-order valence-electron chi connectivity index (χ1n) is 9.43. The zero-order valence-corrected chi connectivity index (χ0v) is 16.1. The second kappa shape index (κ2) is 13.5. The van der Waals surface area contributed by atoms with E-state index in [9.17, 15) is 4.79 Å². The summed E-state index contributed by atoms with van der Waals surface area (Å²) in [7, 11) is 3.88. The molecular formula is C20H34N2O3. The fourth-order valence-electron chi connectivity index (χ4n) is 2.39. The molecule has 0 saturated heterocycles. The first kappa shape index (κ1) is 21.3. The molecular weight excluding hydrogens is 316 g/mol. The Labute approximate surface area is 152 Å². The Balaban J connectivity index is 2.20. The maximum Gasteiger partial charge on any atom is 0.411 e. The molecule has 142 valence electrons. The van der Waals surface area contributed by atoms with E-state index >= 15 is 0 Å². The monoisotopic (exact) mass is 350 g/mol. The van der Waals surface area contributed by atoms with Gasteiger partial charge in [-0.05, 0) is 32.6 Å². The van der Waals surface area contributed by atoms with Gasteiger partial charge in [0.25, 0.3) is 0 Å². The molecule has 0 bridgehead atoms. The summed E-state index contributed by atoms with van der Waals surface area (Å²) in [6.45, 7) is 4.02. The quantitative estimate of drug-likeness (QED) is 0.513. The average Bonchev–Trinajstić information content (AvgIpc) is 2.57. The molecule has 1 rings (SSSR count). The summed E-state index contributed by atoms with van der Waals surface area (Å²) in [4.78, 5) is 13.7. The molecule has 5 heteroatoms. The number of amides is 1. The van der Waals surface area contributed by atoms with Crippen LogP contribution >= 0.6 is 0 Å². The highest BCUT2D eigenvalue weighted by atomic mass is 16.5. The number of ether oxygens (including phenoxy) is 2. The topological polar surface area (TPSA) is 50.8 Å². The number of unbranched alkanes of at least 4 members (excludes halogenated alkanes) is 6. The van der Waals surface area contributed by atoms with Crippen molar-refractivity contribution in [2.24, 2.45) is 0 Å². The van der Waals surface area contributed by atoms with Gasteiger partial charge in [0, 0.05) is 18.3 Å². The summed E-state index contributed by atoms with van der Waals surface area (Å²) < 4.78 is 10.9. The van der Waals surface area contributed by atoms with Crippen LogP contribution in [0.2, 0.25) is 0 Å². The van der Waals surface area contributed by atoms with Crippen molar-refractivity contribution < 1.29 is 14.3 Å². The SMILES string of the molecule is CCCCCCCCCOc1cccc(NC(=O)OCCN(C)C)c1. The van der Waals surface area contributed by atoms with Gasteiger partial charge in [0.1, 0.15) is 12.4 Å². The number of benzene rings is 1. The van der Waals surface area contributed by atoms with Gasteiger partial charge in [-0.2, -0.15) is 0 Å². The normalized spacial score (nSPS) is 10.7. The molecule has 0 unspecified atom stereocenters. The van der Waals surface area contributed by atoms with Crippen LogP contribution in [0.3, 0.4) is 0 Å². The van der Waals surface area contributed by atoms with E-state index in [0.717, 1.165) is 12.2 Å². The molecule has 0 aliphatic carbocycles. The lowest BCUT2D eigenvalue weighted by atomic mass is 10.1. The maximum atomic E-state index is 11.7. The summed E-state index contributed by atoms with van der Waals surface area (Å²) in [5.74, 6) is 0.775. The zero-order valence-electron chi connectivity index (χ0n) is 16.1. The van der Waals surface area contributed by atoms with Crippen molar-refractivity contribution in [2.45, 2.75) is 51.9 Å². The second-order valence-electron chi connectivity index (χ2n) is 6.56. The third-order valence-electron chi connectivity index (χ3n) is 3.87. The van der Waals surface area contributed by atoms with Gasteiger partial charge >= 0.3 is 6.09 Å². The van der Waals surface area contributed by atoms with E-state index in [0.29, 0.717) is 25.4 Å². The van der Waals surface area contributed by atoms with Crippen molar-refractivity contribution in [1.29, 1.82) is 0 Å². The van der Waals surface area contributed by atoms with Crippen LogP contribution < -0.4 is 10.1 Å². The van der Waals surface area contributed by atoms with Gasteiger partial charge in [0.05, 0.1) is 6.61 Å². The largest absolute Gasteiger partial charge is 0.494 e. The van der Waals surface area contributed by atoms with Crippen molar-refractivity contribution in [2.75, 3.05) is 39.2 Å². The predicted octanol–water partition coefficient (Wildman–Crippen LogP) is 4.93. The second-order valence-corrected chi connectivity index (χ2v) is 6.56. The molecule has 5 nitrogen and oxygen atoms in total. The van der Waals surface area contributed by atoms with Gasteiger partial charge < -0.3 is 14.4 Å². The molecule has 1 N–H and O–H groups in total. The van der Waals surface area contributed by atoms with E-state index in [2.05, 4.69) is 12.2 Å². The first-order chi connectivity index (χ1) is 12.1. The molecule has 0 saturated carbocycles. The fraction of sp³-hybridized carbons (Fsp3) is 0.650. The highest BCUT2D eigenvalue weighted by Crippen LogP contribution is 2.18. The molecule has 0 spiro atoms. The highest BCUT2D eigenvalue weighted by molar-refractivity contribution is 5.84. The maximum absolute atomic E-state index is 11.7. The van der Waals surface area contributed by atoms with E-state index < -0.39 is 6.09 Å². The fourth-order valence-corrected chi connectivity index (χ4v) is 2.39. The molecule has 0 fully saturated rings. The molecule has 0 atom stereocenters. The van der Waals surface area contributed by atoms with Crippen LogP contribution in [0, 0.1) is 0 Å². The van der Waals surface area contributed by atoms with Gasteiger partial charge in [0.2, 0.25) is 0 Å². The molecule has 0 aliphatic heterocycles. The molecule has 1 amide bonds. The van der Waals surface area contributed by atoms with Crippen LogP contribution in [0.5, 0.6) is 5.75 Å². The van der Waals surface area contributed by atoms with Crippen LogP contribution in [0.25, 0.3) is 0 Å². The molecule has 0 heterocycles. The number of carbonyl (C=O) groups excluding carboxylic acids is 1. The summed E-state index contributed by atoms with van der Waals surface area (Å²) in [6, 6.07) is 7.43. The Bertz CT molecular complexity index is 478. The summed E-state index contributed by atoms with van der Waals surface area (Å²) in [6.07, 6.45) is 8.41. The van der Waals surface area contributed by atoms with E-state index in [1.807, 2.05) is 43.3 Å². The highest BCUT2D eigenvalue weighted by Gasteiger charge is 2.04. The number of hydrogen-bond donors (Lipinski definition) is 1. The number of nitrogens with one attached hydrogen (secondary N) is 1. The smallest absolute Gasteiger partial charge is 0.411 e. The summed E-state index contributed by atoms with van der Waals surface area (Å²) in [5, 5.41) is 2.73. The van der Waals surface area contributed by atoms with Crippen molar-refractivity contribution >= 4 is 11.8 Å². The lowest BCUT2D eigenvalue weighted by Gasteiger charge is -2.11. The Morgan fingerprint density at radius 3 is 2.48 bits per heavy atom. The van der Waals surface area contributed by atoms with E-state index in [1.165, 1.54) is 38.5 Å². The average molecular weight is 351 g/mol. The van der Waals surface area contributed by atoms with Crippen LogP contribution in [0.15, 0.2) is 24.3 Å². The third-order valence-corrected chi connectivity index (χ3v) is 3.87. The van der Waals surface area contributed by atoms with Gasteiger partial charge in [-0.3, -0.25) is 5.32 Å². The van der Waals surface area contributed by atoms with E-state index in [1.54, 1.807) is 0 Å². The van der Waals surface area contributed by atoms with Gasteiger partial charge in [0.15, 0.2) is 0 Å². The number of nitrogens with zero attached hydrogens (tertiary/aromatic N) is 1. The Morgan fingerprint density at radius 2 is 1.76 bits per heavy atom. The first-order valence-corrected chi connectivity index (χ1v) is 9.43. The molecule has 1 aromatic rings. The van der Waals surface area contributed by atoms with E-state index in [-0.39, 0.29) is 0 Å². The minimum Gasteiger partial charge on any atom is -0.494 e. The summed E-state index contributed by atoms with van der Waals surface area (Å²) in [5.41, 5.74) is 0.687.